The minimum Gasteiger partial charge on any atom is -0.353 e. The van der Waals surface area contributed by atoms with Crippen LogP contribution >= 0.6 is 0 Å². The Morgan fingerprint density at radius 2 is 1.56 bits per heavy atom. The van der Waals surface area contributed by atoms with Gasteiger partial charge in [-0.05, 0) is 39.5 Å². The fourth-order valence-electron chi connectivity index (χ4n) is 2.20. The Morgan fingerprint density at radius 3 is 2.00 bits per heavy atom. The lowest BCUT2D eigenvalue weighted by atomic mass is 9.91. The summed E-state index contributed by atoms with van der Waals surface area (Å²) in [6.45, 7) is 5.74. The molecule has 5 heteroatoms. The van der Waals surface area contributed by atoms with Gasteiger partial charge in [-0.3, -0.25) is 4.79 Å². The van der Waals surface area contributed by atoms with Crippen molar-refractivity contribution in [3.05, 3.63) is 0 Å². The Morgan fingerprint density at radius 1 is 1.06 bits per heavy atom. The highest BCUT2D eigenvalue weighted by Crippen LogP contribution is 2.18. The van der Waals surface area contributed by atoms with Crippen molar-refractivity contribution in [3.63, 3.8) is 0 Å². The summed E-state index contributed by atoms with van der Waals surface area (Å²) in [5.74, 6) is 0.115. The average molecular weight is 255 g/mol. The molecule has 0 atom stereocenters. The summed E-state index contributed by atoms with van der Waals surface area (Å²) < 4.78 is 0. The first-order valence-corrected chi connectivity index (χ1v) is 6.87. The summed E-state index contributed by atoms with van der Waals surface area (Å²) >= 11 is 0. The van der Waals surface area contributed by atoms with Crippen molar-refractivity contribution in [2.75, 3.05) is 0 Å². The van der Waals surface area contributed by atoms with Gasteiger partial charge in [-0.15, -0.1) is 0 Å². The standard InChI is InChI=1S/C13H25N3O2/c1-4-12(17)15-10-5-7-11(8-6-10)16-13(18)14-9(2)3/h9-11H,4-8H2,1-3H3,(H,15,17)(H2,14,16,18)/t10-,11-. The Hall–Kier alpha value is -1.26. The predicted octanol–water partition coefficient (Wildman–Crippen LogP) is 1.53. The molecule has 0 radical (unpaired) electrons. The molecule has 3 amide bonds. The largest absolute Gasteiger partial charge is 0.353 e. The van der Waals surface area contributed by atoms with Crippen molar-refractivity contribution in [2.45, 2.75) is 71.0 Å². The van der Waals surface area contributed by atoms with Gasteiger partial charge in [0.25, 0.3) is 0 Å². The normalized spacial score (nSPS) is 23.6. The first kappa shape index (κ1) is 14.8. The number of hydrogen-bond acceptors (Lipinski definition) is 2. The molecule has 0 aromatic rings. The van der Waals surface area contributed by atoms with Crippen LogP contribution in [0.5, 0.6) is 0 Å². The molecule has 1 fully saturated rings. The van der Waals surface area contributed by atoms with Crippen molar-refractivity contribution in [1.82, 2.24) is 16.0 Å². The lowest BCUT2D eigenvalue weighted by Gasteiger charge is -2.29. The van der Waals surface area contributed by atoms with Crippen LogP contribution in [0.2, 0.25) is 0 Å². The van der Waals surface area contributed by atoms with Crippen molar-refractivity contribution in [2.24, 2.45) is 0 Å². The summed E-state index contributed by atoms with van der Waals surface area (Å²) in [6.07, 6.45) is 4.28. The minimum atomic E-state index is -0.0916. The van der Waals surface area contributed by atoms with Crippen LogP contribution in [-0.4, -0.2) is 30.1 Å². The van der Waals surface area contributed by atoms with E-state index in [0.29, 0.717) is 6.42 Å². The third-order valence-electron chi connectivity index (χ3n) is 3.17. The molecule has 0 aromatic carbocycles. The van der Waals surface area contributed by atoms with E-state index in [1.807, 2.05) is 20.8 Å². The van der Waals surface area contributed by atoms with Gasteiger partial charge in [-0.25, -0.2) is 4.79 Å². The van der Waals surface area contributed by atoms with E-state index in [2.05, 4.69) is 16.0 Å². The molecule has 0 spiro atoms. The number of hydrogen-bond donors (Lipinski definition) is 3. The van der Waals surface area contributed by atoms with Gasteiger partial charge in [0, 0.05) is 24.5 Å². The number of carbonyl (C=O) groups is 2. The SMILES string of the molecule is CCC(=O)N[C@H]1CC[C@H](NC(=O)NC(C)C)CC1. The second-order valence-electron chi connectivity index (χ2n) is 5.24. The maximum Gasteiger partial charge on any atom is 0.315 e. The molecule has 0 unspecified atom stereocenters. The fraction of sp³-hybridized carbons (Fsp3) is 0.846. The summed E-state index contributed by atoms with van der Waals surface area (Å²) in [7, 11) is 0. The molecule has 1 rings (SSSR count). The molecule has 1 saturated carbocycles. The average Bonchev–Trinajstić information content (AvgIpc) is 2.30. The van der Waals surface area contributed by atoms with E-state index < -0.39 is 0 Å². The third-order valence-corrected chi connectivity index (χ3v) is 3.17. The van der Waals surface area contributed by atoms with Gasteiger partial charge in [-0.2, -0.15) is 0 Å². The summed E-state index contributed by atoms with van der Waals surface area (Å²) in [6, 6.07) is 0.582. The van der Waals surface area contributed by atoms with Crippen LogP contribution in [0.1, 0.15) is 52.9 Å². The Labute approximate surface area is 109 Å². The molecule has 5 nitrogen and oxygen atoms in total. The Kier molecular flexibility index (Phi) is 5.95. The monoisotopic (exact) mass is 255 g/mol. The molecule has 3 N–H and O–H groups in total. The van der Waals surface area contributed by atoms with E-state index in [1.54, 1.807) is 0 Å². The topological polar surface area (TPSA) is 70.2 Å². The van der Waals surface area contributed by atoms with Crippen LogP contribution in [0.15, 0.2) is 0 Å². The van der Waals surface area contributed by atoms with E-state index >= 15 is 0 Å². The first-order valence-electron chi connectivity index (χ1n) is 6.87. The molecule has 0 saturated heterocycles. The summed E-state index contributed by atoms with van der Waals surface area (Å²) in [4.78, 5) is 22.8. The molecule has 0 bridgehead atoms. The van der Waals surface area contributed by atoms with Gasteiger partial charge in [0.15, 0.2) is 0 Å². The molecule has 104 valence electrons. The number of urea groups is 1. The molecular weight excluding hydrogens is 230 g/mol. The van der Waals surface area contributed by atoms with Crippen LogP contribution < -0.4 is 16.0 Å². The molecule has 0 aliphatic heterocycles. The van der Waals surface area contributed by atoms with Crippen LogP contribution in [0, 0.1) is 0 Å². The maximum atomic E-state index is 11.5. The summed E-state index contributed by atoms with van der Waals surface area (Å²) in [5.41, 5.74) is 0. The quantitative estimate of drug-likeness (QED) is 0.713. The van der Waals surface area contributed by atoms with Gasteiger partial charge in [0.05, 0.1) is 0 Å². The maximum absolute atomic E-state index is 11.5. The van der Waals surface area contributed by atoms with Gasteiger partial charge in [-0.1, -0.05) is 6.92 Å². The molecule has 1 aliphatic rings. The van der Waals surface area contributed by atoms with E-state index in [4.69, 9.17) is 0 Å². The zero-order valence-corrected chi connectivity index (χ0v) is 11.6. The highest BCUT2D eigenvalue weighted by molar-refractivity contribution is 5.76. The lowest BCUT2D eigenvalue weighted by Crippen LogP contribution is -2.48. The highest BCUT2D eigenvalue weighted by Gasteiger charge is 2.23. The number of nitrogens with one attached hydrogen (secondary N) is 3. The van der Waals surface area contributed by atoms with E-state index in [0.717, 1.165) is 25.7 Å². The van der Waals surface area contributed by atoms with Crippen LogP contribution in [0.25, 0.3) is 0 Å². The minimum absolute atomic E-state index is 0.0916. The molecule has 0 aromatic heterocycles. The van der Waals surface area contributed by atoms with Gasteiger partial charge < -0.3 is 16.0 Å². The molecule has 1 aliphatic carbocycles. The van der Waals surface area contributed by atoms with Crippen molar-refractivity contribution < 1.29 is 9.59 Å². The van der Waals surface area contributed by atoms with Crippen LogP contribution in [0.4, 0.5) is 4.79 Å². The van der Waals surface area contributed by atoms with Crippen LogP contribution in [0.3, 0.4) is 0 Å². The smallest absolute Gasteiger partial charge is 0.315 e. The van der Waals surface area contributed by atoms with Crippen molar-refractivity contribution >= 4 is 11.9 Å². The zero-order valence-electron chi connectivity index (χ0n) is 11.6. The predicted molar refractivity (Wildman–Crippen MR) is 71.3 cm³/mol. The van der Waals surface area contributed by atoms with E-state index in [-0.39, 0.29) is 30.1 Å². The van der Waals surface area contributed by atoms with Gasteiger partial charge in [0.1, 0.15) is 0 Å². The highest BCUT2D eigenvalue weighted by atomic mass is 16.2. The second kappa shape index (κ2) is 7.24. The second-order valence-corrected chi connectivity index (χ2v) is 5.24. The lowest BCUT2D eigenvalue weighted by molar-refractivity contribution is -0.121. The molecule has 0 heterocycles. The Bertz CT molecular complexity index is 284. The Balaban J connectivity index is 2.23. The van der Waals surface area contributed by atoms with Crippen LogP contribution in [-0.2, 0) is 4.79 Å². The van der Waals surface area contributed by atoms with E-state index in [9.17, 15) is 9.59 Å². The van der Waals surface area contributed by atoms with Gasteiger partial charge in [0.2, 0.25) is 5.91 Å². The fourth-order valence-corrected chi connectivity index (χ4v) is 2.20. The van der Waals surface area contributed by atoms with Crippen molar-refractivity contribution in [3.8, 4) is 0 Å². The third kappa shape index (κ3) is 5.38. The number of amides is 3. The van der Waals surface area contributed by atoms with Crippen molar-refractivity contribution in [1.29, 1.82) is 0 Å². The van der Waals surface area contributed by atoms with Gasteiger partial charge >= 0.3 is 6.03 Å². The number of rotatable bonds is 4. The summed E-state index contributed by atoms with van der Waals surface area (Å²) in [5, 5.41) is 8.81. The molecular formula is C13H25N3O2. The van der Waals surface area contributed by atoms with E-state index in [1.165, 1.54) is 0 Å². The first-order chi connectivity index (χ1) is 8.51. The number of carbonyl (C=O) groups excluding carboxylic acids is 2. The zero-order chi connectivity index (χ0) is 13.5. The molecule has 18 heavy (non-hydrogen) atoms.